The molecule has 2 aromatic rings. The maximum absolute atomic E-state index is 11.5. The van der Waals surface area contributed by atoms with E-state index < -0.39 is 0 Å². The fourth-order valence-electron chi connectivity index (χ4n) is 1.29. The fraction of sp³-hybridized carbons (Fsp3) is 0.167. The van der Waals surface area contributed by atoms with E-state index in [-0.39, 0.29) is 16.8 Å². The van der Waals surface area contributed by atoms with Crippen LogP contribution in [-0.4, -0.2) is 27.0 Å². The monoisotopic (exact) mass is 293 g/mol. The zero-order valence-corrected chi connectivity index (χ0v) is 11.8. The molecule has 0 saturated carbocycles. The summed E-state index contributed by atoms with van der Waals surface area (Å²) in [6, 6.07) is 9.61. The molecule has 0 unspecified atom stereocenters. The molecular formula is C12H11N3O2S2. The van der Waals surface area contributed by atoms with Gasteiger partial charge in [0, 0.05) is 12.5 Å². The van der Waals surface area contributed by atoms with Gasteiger partial charge < -0.3 is 0 Å². The number of amides is 1. The molecule has 1 aromatic carbocycles. The van der Waals surface area contributed by atoms with Gasteiger partial charge in [-0.1, -0.05) is 53.4 Å². The minimum absolute atomic E-state index is 0.0858. The van der Waals surface area contributed by atoms with E-state index in [2.05, 4.69) is 15.5 Å². The second kappa shape index (κ2) is 6.44. The summed E-state index contributed by atoms with van der Waals surface area (Å²) in [5, 5.41) is 11.6. The lowest BCUT2D eigenvalue weighted by Gasteiger charge is -1.98. The van der Waals surface area contributed by atoms with Crippen LogP contribution in [0, 0.1) is 0 Å². The molecule has 0 atom stereocenters. The van der Waals surface area contributed by atoms with Gasteiger partial charge in [-0.25, -0.2) is 0 Å². The summed E-state index contributed by atoms with van der Waals surface area (Å²) >= 11 is 2.27. The van der Waals surface area contributed by atoms with Crippen LogP contribution in [0.15, 0.2) is 30.3 Å². The van der Waals surface area contributed by atoms with Crippen LogP contribution in [-0.2, 0) is 9.59 Å². The Labute approximate surface area is 118 Å². The molecule has 0 aliphatic rings. The topological polar surface area (TPSA) is 72.0 Å². The van der Waals surface area contributed by atoms with Gasteiger partial charge in [0.15, 0.2) is 5.12 Å². The predicted octanol–water partition coefficient (Wildman–Crippen LogP) is 2.42. The maximum Gasteiger partial charge on any atom is 0.236 e. The Morgan fingerprint density at radius 1 is 1.26 bits per heavy atom. The van der Waals surface area contributed by atoms with Crippen LogP contribution in [0.2, 0.25) is 0 Å². The van der Waals surface area contributed by atoms with Gasteiger partial charge in [0.2, 0.25) is 11.0 Å². The minimum Gasteiger partial charge on any atom is -0.300 e. The average Bonchev–Trinajstić information content (AvgIpc) is 2.86. The first-order valence-electron chi connectivity index (χ1n) is 5.47. The van der Waals surface area contributed by atoms with Crippen LogP contribution in [0.1, 0.15) is 6.92 Å². The van der Waals surface area contributed by atoms with Gasteiger partial charge in [0.25, 0.3) is 0 Å². The van der Waals surface area contributed by atoms with Crippen LogP contribution in [0.4, 0.5) is 5.13 Å². The van der Waals surface area contributed by atoms with Crippen molar-refractivity contribution in [3.63, 3.8) is 0 Å². The van der Waals surface area contributed by atoms with E-state index in [0.29, 0.717) is 5.13 Å². The summed E-state index contributed by atoms with van der Waals surface area (Å²) in [5.74, 6) is -0.161. The number of rotatable bonds is 4. The number of benzene rings is 1. The molecule has 1 amide bonds. The second-order valence-electron chi connectivity index (χ2n) is 3.61. The zero-order valence-electron chi connectivity index (χ0n) is 10.1. The Kier molecular flexibility index (Phi) is 4.64. The number of nitrogens with zero attached hydrogens (tertiary/aromatic N) is 2. The van der Waals surface area contributed by atoms with Crippen molar-refractivity contribution in [2.24, 2.45) is 0 Å². The van der Waals surface area contributed by atoms with Crippen molar-refractivity contribution in [1.82, 2.24) is 10.2 Å². The van der Waals surface area contributed by atoms with Gasteiger partial charge in [0.05, 0.1) is 5.75 Å². The van der Waals surface area contributed by atoms with Gasteiger partial charge in [-0.3, -0.25) is 14.9 Å². The third-order valence-corrected chi connectivity index (χ3v) is 3.80. The zero-order chi connectivity index (χ0) is 13.7. The van der Waals surface area contributed by atoms with Crippen LogP contribution < -0.4 is 5.32 Å². The van der Waals surface area contributed by atoms with E-state index >= 15 is 0 Å². The van der Waals surface area contributed by atoms with Crippen LogP contribution in [0.3, 0.4) is 0 Å². The molecule has 1 heterocycles. The minimum atomic E-state index is -0.254. The summed E-state index contributed by atoms with van der Waals surface area (Å²) in [6.07, 6.45) is 0. The standard InChI is InChI=1S/C12H11N3O2S2/c1-8(16)18-7-10(17)13-12-15-14-11(19-12)9-5-3-2-4-6-9/h2-6H,7H2,1H3,(H,13,15,17). The first-order valence-corrected chi connectivity index (χ1v) is 7.27. The second-order valence-corrected chi connectivity index (χ2v) is 5.74. The molecular weight excluding hydrogens is 282 g/mol. The summed E-state index contributed by atoms with van der Waals surface area (Å²) in [6.45, 7) is 1.43. The van der Waals surface area contributed by atoms with Gasteiger partial charge in [-0.05, 0) is 0 Å². The number of aromatic nitrogens is 2. The Morgan fingerprint density at radius 2 is 2.00 bits per heavy atom. The molecule has 98 valence electrons. The lowest BCUT2D eigenvalue weighted by atomic mass is 10.2. The molecule has 0 aliphatic heterocycles. The van der Waals surface area contributed by atoms with Crippen molar-refractivity contribution in [3.8, 4) is 10.6 Å². The van der Waals surface area contributed by atoms with Crippen molar-refractivity contribution in [2.45, 2.75) is 6.92 Å². The number of carbonyl (C=O) groups is 2. The molecule has 1 aromatic heterocycles. The number of thioether (sulfide) groups is 1. The smallest absolute Gasteiger partial charge is 0.236 e. The van der Waals surface area contributed by atoms with E-state index in [4.69, 9.17) is 0 Å². The molecule has 0 spiro atoms. The van der Waals surface area contributed by atoms with E-state index in [1.165, 1.54) is 18.3 Å². The van der Waals surface area contributed by atoms with Crippen molar-refractivity contribution in [1.29, 1.82) is 0 Å². The third kappa shape index (κ3) is 4.15. The van der Waals surface area contributed by atoms with E-state index in [1.54, 1.807) is 0 Å². The molecule has 1 N–H and O–H groups in total. The highest BCUT2D eigenvalue weighted by Gasteiger charge is 2.10. The number of nitrogens with one attached hydrogen (secondary N) is 1. The Hall–Kier alpha value is -1.73. The number of carbonyl (C=O) groups excluding carboxylic acids is 2. The third-order valence-electron chi connectivity index (χ3n) is 2.10. The highest BCUT2D eigenvalue weighted by Crippen LogP contribution is 2.25. The van der Waals surface area contributed by atoms with Crippen LogP contribution >= 0.6 is 23.1 Å². The van der Waals surface area contributed by atoms with Crippen LogP contribution in [0.5, 0.6) is 0 Å². The van der Waals surface area contributed by atoms with E-state index in [0.717, 1.165) is 22.3 Å². The quantitative estimate of drug-likeness (QED) is 0.937. The van der Waals surface area contributed by atoms with Crippen molar-refractivity contribution in [3.05, 3.63) is 30.3 Å². The maximum atomic E-state index is 11.5. The number of hydrogen-bond acceptors (Lipinski definition) is 6. The van der Waals surface area contributed by atoms with Gasteiger partial charge in [-0.2, -0.15) is 0 Å². The normalized spacial score (nSPS) is 10.2. The predicted molar refractivity (Wildman–Crippen MR) is 77.1 cm³/mol. The lowest BCUT2D eigenvalue weighted by Crippen LogP contribution is -2.14. The highest BCUT2D eigenvalue weighted by atomic mass is 32.2. The largest absolute Gasteiger partial charge is 0.300 e. The summed E-state index contributed by atoms with van der Waals surface area (Å²) in [7, 11) is 0. The summed E-state index contributed by atoms with van der Waals surface area (Å²) in [4.78, 5) is 22.3. The molecule has 0 aliphatic carbocycles. The van der Waals surface area contributed by atoms with Gasteiger partial charge in [0.1, 0.15) is 5.01 Å². The molecule has 19 heavy (non-hydrogen) atoms. The summed E-state index contributed by atoms with van der Waals surface area (Å²) in [5.41, 5.74) is 0.957. The van der Waals surface area contributed by atoms with Crippen molar-refractivity contribution in [2.75, 3.05) is 11.1 Å². The number of anilines is 1. The van der Waals surface area contributed by atoms with Gasteiger partial charge >= 0.3 is 0 Å². The molecule has 2 rings (SSSR count). The van der Waals surface area contributed by atoms with Crippen LogP contribution in [0.25, 0.3) is 10.6 Å². The average molecular weight is 293 g/mol. The molecule has 0 bridgehead atoms. The first-order chi connectivity index (χ1) is 9.15. The Morgan fingerprint density at radius 3 is 2.68 bits per heavy atom. The molecule has 0 radical (unpaired) electrons. The summed E-state index contributed by atoms with van der Waals surface area (Å²) < 4.78 is 0. The highest BCUT2D eigenvalue weighted by molar-refractivity contribution is 8.14. The lowest BCUT2D eigenvalue weighted by molar-refractivity contribution is -0.114. The molecule has 0 fully saturated rings. The first kappa shape index (κ1) is 13.7. The molecule has 5 nitrogen and oxygen atoms in total. The molecule has 7 heteroatoms. The SMILES string of the molecule is CC(=O)SCC(=O)Nc1nnc(-c2ccccc2)s1. The van der Waals surface area contributed by atoms with E-state index in [9.17, 15) is 9.59 Å². The Balaban J connectivity index is 1.98. The number of hydrogen-bond donors (Lipinski definition) is 1. The van der Waals surface area contributed by atoms with Crippen molar-refractivity contribution < 1.29 is 9.59 Å². The van der Waals surface area contributed by atoms with Gasteiger partial charge in [-0.15, -0.1) is 10.2 Å². The molecule has 0 saturated heterocycles. The van der Waals surface area contributed by atoms with E-state index in [1.807, 2.05) is 30.3 Å². The van der Waals surface area contributed by atoms with Crippen molar-refractivity contribution >= 4 is 39.3 Å². The fourth-order valence-corrected chi connectivity index (χ4v) is 2.47. The Bertz CT molecular complexity index is 584.